The van der Waals surface area contributed by atoms with Crippen molar-refractivity contribution in [1.29, 1.82) is 0 Å². The van der Waals surface area contributed by atoms with Gasteiger partial charge in [0.15, 0.2) is 6.10 Å². The molecule has 0 saturated carbocycles. The first-order chi connectivity index (χ1) is 32.1. The Kier molecular flexibility index (Phi) is 50.0. The third-order valence-corrected chi connectivity index (χ3v) is 13.6. The van der Waals surface area contributed by atoms with E-state index in [1.807, 2.05) is 0 Å². The number of esters is 3. The van der Waals surface area contributed by atoms with Crippen LogP contribution < -0.4 is 0 Å². The zero-order valence-electron chi connectivity index (χ0n) is 45.5. The van der Waals surface area contributed by atoms with Gasteiger partial charge in [-0.3, -0.25) is 14.4 Å². The highest BCUT2D eigenvalue weighted by Crippen LogP contribution is 2.19. The second-order valence-electron chi connectivity index (χ2n) is 22.1. The molecule has 0 aliphatic rings. The largest absolute Gasteiger partial charge is 0.462 e. The van der Waals surface area contributed by atoms with Crippen LogP contribution in [0.4, 0.5) is 0 Å². The topological polar surface area (TPSA) is 78.9 Å². The van der Waals surface area contributed by atoms with Crippen molar-refractivity contribution >= 4 is 17.9 Å². The van der Waals surface area contributed by atoms with Crippen molar-refractivity contribution in [2.75, 3.05) is 13.2 Å². The normalized spacial score (nSPS) is 12.1. The summed E-state index contributed by atoms with van der Waals surface area (Å²) in [7, 11) is 0. The van der Waals surface area contributed by atoms with Crippen LogP contribution >= 0.6 is 0 Å². The average molecular weight is 934 g/mol. The minimum absolute atomic E-state index is 0.0633. The van der Waals surface area contributed by atoms with E-state index in [0.717, 1.165) is 75.5 Å². The number of carbonyl (C=O) groups excluding carboxylic acids is 3. The number of ether oxygens (including phenoxy) is 3. The summed E-state index contributed by atoms with van der Waals surface area (Å²) in [6.07, 6.45) is 53.8. The summed E-state index contributed by atoms with van der Waals surface area (Å²) in [4.78, 5) is 38.2. The highest BCUT2D eigenvalue weighted by molar-refractivity contribution is 5.71. The molecule has 0 aliphatic heterocycles. The summed E-state index contributed by atoms with van der Waals surface area (Å²) >= 11 is 0. The number of hydrogen-bond acceptors (Lipinski definition) is 6. The summed E-state index contributed by atoms with van der Waals surface area (Å²) in [6.45, 7) is 13.8. The number of rotatable bonds is 53. The van der Waals surface area contributed by atoms with Crippen LogP contribution in [0.15, 0.2) is 0 Å². The first kappa shape index (κ1) is 64.4. The van der Waals surface area contributed by atoms with E-state index in [-0.39, 0.29) is 31.1 Å². The van der Waals surface area contributed by atoms with Crippen LogP contribution in [0, 0.1) is 17.8 Å². The Balaban J connectivity index is 4.30. The molecule has 0 amide bonds. The molecular formula is C60H116O6. The number of unbranched alkanes of at least 4 members (excludes halogenated alkanes) is 36. The minimum atomic E-state index is -0.764. The van der Waals surface area contributed by atoms with Gasteiger partial charge in [-0.1, -0.05) is 292 Å². The highest BCUT2D eigenvalue weighted by atomic mass is 16.6. The fourth-order valence-electron chi connectivity index (χ4n) is 9.18. The second kappa shape index (κ2) is 51.3. The highest BCUT2D eigenvalue weighted by Gasteiger charge is 2.19. The monoisotopic (exact) mass is 933 g/mol. The van der Waals surface area contributed by atoms with E-state index >= 15 is 0 Å². The summed E-state index contributed by atoms with van der Waals surface area (Å²) < 4.78 is 16.9. The zero-order valence-corrected chi connectivity index (χ0v) is 45.5. The smallest absolute Gasteiger partial charge is 0.306 e. The van der Waals surface area contributed by atoms with Crippen LogP contribution in [-0.2, 0) is 28.6 Å². The molecule has 66 heavy (non-hydrogen) atoms. The van der Waals surface area contributed by atoms with E-state index in [0.29, 0.717) is 19.3 Å². The van der Waals surface area contributed by atoms with E-state index in [9.17, 15) is 14.4 Å². The molecule has 0 N–H and O–H groups in total. The Morgan fingerprint density at radius 3 is 0.652 bits per heavy atom. The molecule has 0 spiro atoms. The SMILES string of the molecule is CC(C)CCCCCCCCCCCCCCCCCC(=O)OC[C@@H](COC(=O)CCCCCCCCCCCCCCC(C)C)OC(=O)CCCCCCCCCCCCCCC(C)C. The summed E-state index contributed by atoms with van der Waals surface area (Å²) in [5, 5.41) is 0. The van der Waals surface area contributed by atoms with Gasteiger partial charge >= 0.3 is 17.9 Å². The van der Waals surface area contributed by atoms with E-state index in [1.54, 1.807) is 0 Å². The molecule has 0 heterocycles. The Hall–Kier alpha value is -1.59. The van der Waals surface area contributed by atoms with Crippen molar-refractivity contribution in [1.82, 2.24) is 0 Å². The molecule has 6 nitrogen and oxygen atoms in total. The lowest BCUT2D eigenvalue weighted by Crippen LogP contribution is -2.30. The van der Waals surface area contributed by atoms with Crippen molar-refractivity contribution < 1.29 is 28.6 Å². The van der Waals surface area contributed by atoms with Crippen molar-refractivity contribution in [2.45, 2.75) is 337 Å². The van der Waals surface area contributed by atoms with Gasteiger partial charge in [-0.2, -0.15) is 0 Å². The summed E-state index contributed by atoms with van der Waals surface area (Å²) in [6, 6.07) is 0. The number of hydrogen-bond donors (Lipinski definition) is 0. The van der Waals surface area contributed by atoms with Gasteiger partial charge < -0.3 is 14.2 Å². The quantitative estimate of drug-likeness (QED) is 0.0343. The second-order valence-corrected chi connectivity index (χ2v) is 22.1. The summed E-state index contributed by atoms with van der Waals surface area (Å²) in [5.74, 6) is 1.67. The molecule has 0 unspecified atom stereocenters. The van der Waals surface area contributed by atoms with Crippen LogP contribution in [0.3, 0.4) is 0 Å². The molecular weight excluding hydrogens is 817 g/mol. The fourth-order valence-corrected chi connectivity index (χ4v) is 9.18. The third-order valence-electron chi connectivity index (χ3n) is 13.6. The molecule has 0 aromatic carbocycles. The first-order valence-corrected chi connectivity index (χ1v) is 29.6. The maximum Gasteiger partial charge on any atom is 0.306 e. The van der Waals surface area contributed by atoms with Gasteiger partial charge in [-0.15, -0.1) is 0 Å². The summed E-state index contributed by atoms with van der Waals surface area (Å²) in [5.41, 5.74) is 0. The molecule has 0 bridgehead atoms. The zero-order chi connectivity index (χ0) is 48.4. The Morgan fingerprint density at radius 2 is 0.439 bits per heavy atom. The standard InChI is InChI=1S/C60H116O6/c1-54(2)46-40-34-28-22-16-10-8-7-9-11-19-25-31-37-43-49-58(61)64-52-57(66-60(63)51-45-39-33-27-21-15-13-18-24-30-36-42-48-56(5)6)53-65-59(62)50-44-38-32-26-20-14-12-17-23-29-35-41-47-55(3)4/h54-57H,7-53H2,1-6H3/t57-/m0/s1. The lowest BCUT2D eigenvalue weighted by molar-refractivity contribution is -0.167. The van der Waals surface area contributed by atoms with Gasteiger partial charge in [-0.05, 0) is 37.0 Å². The Labute approximate surface area is 412 Å². The van der Waals surface area contributed by atoms with E-state index in [2.05, 4.69) is 41.5 Å². The van der Waals surface area contributed by atoms with Crippen molar-refractivity contribution in [3.05, 3.63) is 0 Å². The van der Waals surface area contributed by atoms with Gasteiger partial charge in [0.2, 0.25) is 0 Å². The van der Waals surface area contributed by atoms with Gasteiger partial charge in [0.25, 0.3) is 0 Å². The molecule has 0 fully saturated rings. The molecule has 1 atom stereocenters. The van der Waals surface area contributed by atoms with Crippen LogP contribution in [0.25, 0.3) is 0 Å². The van der Waals surface area contributed by atoms with Gasteiger partial charge in [0.1, 0.15) is 13.2 Å². The number of carbonyl (C=O) groups is 3. The van der Waals surface area contributed by atoms with Crippen LogP contribution in [0.2, 0.25) is 0 Å². The van der Waals surface area contributed by atoms with Gasteiger partial charge in [0, 0.05) is 19.3 Å². The van der Waals surface area contributed by atoms with Crippen molar-refractivity contribution in [2.24, 2.45) is 17.8 Å². The van der Waals surface area contributed by atoms with E-state index < -0.39 is 6.10 Å². The molecule has 0 aromatic heterocycles. The lowest BCUT2D eigenvalue weighted by atomic mass is 10.0. The molecule has 0 saturated heterocycles. The molecule has 0 aromatic rings. The first-order valence-electron chi connectivity index (χ1n) is 29.6. The maximum atomic E-state index is 12.9. The Bertz CT molecular complexity index is 1020. The van der Waals surface area contributed by atoms with Crippen LogP contribution in [0.1, 0.15) is 330 Å². The molecule has 6 heteroatoms. The molecule has 0 aliphatic carbocycles. The van der Waals surface area contributed by atoms with Gasteiger partial charge in [0.05, 0.1) is 0 Å². The maximum absolute atomic E-state index is 12.9. The molecule has 0 radical (unpaired) electrons. The van der Waals surface area contributed by atoms with Crippen LogP contribution in [0.5, 0.6) is 0 Å². The van der Waals surface area contributed by atoms with E-state index in [4.69, 9.17) is 14.2 Å². The fraction of sp³-hybridized carbons (Fsp3) is 0.950. The molecule has 0 rings (SSSR count). The van der Waals surface area contributed by atoms with E-state index in [1.165, 1.54) is 212 Å². The minimum Gasteiger partial charge on any atom is -0.462 e. The molecule has 392 valence electrons. The predicted molar refractivity (Wildman–Crippen MR) is 284 cm³/mol. The average Bonchev–Trinajstić information content (AvgIpc) is 3.28. The predicted octanol–water partition coefficient (Wildman–Crippen LogP) is 19.5. The lowest BCUT2D eigenvalue weighted by Gasteiger charge is -2.18. The third kappa shape index (κ3) is 53.4. The van der Waals surface area contributed by atoms with Crippen LogP contribution in [-0.4, -0.2) is 37.2 Å². The van der Waals surface area contributed by atoms with Gasteiger partial charge in [-0.25, -0.2) is 0 Å². The Morgan fingerprint density at radius 1 is 0.258 bits per heavy atom. The van der Waals surface area contributed by atoms with Crippen molar-refractivity contribution in [3.8, 4) is 0 Å². The van der Waals surface area contributed by atoms with Crippen molar-refractivity contribution in [3.63, 3.8) is 0 Å².